The lowest BCUT2D eigenvalue weighted by molar-refractivity contribution is -0.156. The van der Waals surface area contributed by atoms with Crippen LogP contribution >= 0.6 is 11.6 Å². The smallest absolute Gasteiger partial charge is 0.325 e. The summed E-state index contributed by atoms with van der Waals surface area (Å²) in [7, 11) is 6.63. The molecule has 280 valence electrons. The lowest BCUT2D eigenvalue weighted by Crippen LogP contribution is -2.70. The van der Waals surface area contributed by atoms with E-state index in [2.05, 4.69) is 15.3 Å². The number of nitrogens with zero attached hydrogens (tertiary/aromatic N) is 6. The van der Waals surface area contributed by atoms with Crippen LogP contribution in [0.4, 0.5) is 16.4 Å². The Morgan fingerprint density at radius 2 is 1.54 bits per heavy atom. The number of imide groups is 1. The van der Waals surface area contributed by atoms with Crippen molar-refractivity contribution in [3.8, 4) is 11.5 Å². The largest absolute Gasteiger partial charge is 0.497 e. The molecule has 2 aromatic heterocycles. The molecule has 1 aliphatic rings. The van der Waals surface area contributed by atoms with Crippen molar-refractivity contribution in [2.75, 3.05) is 31.1 Å². The van der Waals surface area contributed by atoms with Crippen LogP contribution in [0.3, 0.4) is 0 Å². The van der Waals surface area contributed by atoms with E-state index in [4.69, 9.17) is 26.1 Å². The number of methoxy groups -OCH3 is 2. The van der Waals surface area contributed by atoms with Gasteiger partial charge in [-0.05, 0) is 83.6 Å². The molecule has 5 aromatic rings. The van der Waals surface area contributed by atoms with Gasteiger partial charge in [0.25, 0.3) is 5.91 Å². The monoisotopic (exact) mass is 749 g/mol. The Kier molecular flexibility index (Phi) is 11.8. The number of benzene rings is 3. The molecule has 0 spiro atoms. The molecule has 1 N–H and O–H groups in total. The molecule has 0 bridgehead atoms. The third-order valence-electron chi connectivity index (χ3n) is 9.67. The fourth-order valence-corrected chi connectivity index (χ4v) is 6.85. The third-order valence-corrected chi connectivity index (χ3v) is 9.91. The third kappa shape index (κ3) is 8.50. The minimum Gasteiger partial charge on any atom is -0.497 e. The zero-order valence-corrected chi connectivity index (χ0v) is 31.7. The number of likely N-dealkylation sites (N-methyl/N-ethyl adjacent to an activating group) is 1. The summed E-state index contributed by atoms with van der Waals surface area (Å²) in [5, 5.41) is 7.88. The number of hydrogen-bond donors (Lipinski definition) is 1. The van der Waals surface area contributed by atoms with E-state index < -0.39 is 35.8 Å². The van der Waals surface area contributed by atoms with Gasteiger partial charge in [-0.1, -0.05) is 54.9 Å². The number of urea groups is 1. The van der Waals surface area contributed by atoms with Gasteiger partial charge in [0.2, 0.25) is 5.91 Å². The lowest BCUT2D eigenvalue weighted by Gasteiger charge is -2.45. The van der Waals surface area contributed by atoms with E-state index in [0.717, 1.165) is 38.7 Å². The number of amides is 4. The van der Waals surface area contributed by atoms with E-state index in [-0.39, 0.29) is 6.42 Å². The van der Waals surface area contributed by atoms with E-state index in [1.165, 1.54) is 4.90 Å². The Labute approximate surface area is 320 Å². The molecule has 4 amide bonds. The molecular weight excluding hydrogens is 706 g/mol. The number of aromatic nitrogens is 3. The number of β-lactam (4-membered cyclic amide) rings is 1. The predicted molar refractivity (Wildman–Crippen MR) is 208 cm³/mol. The van der Waals surface area contributed by atoms with Gasteiger partial charge in [-0.3, -0.25) is 24.1 Å². The summed E-state index contributed by atoms with van der Waals surface area (Å²) in [5.74, 6) is 0.980. The highest BCUT2D eigenvalue weighted by Crippen LogP contribution is 2.34. The quantitative estimate of drug-likeness (QED) is 0.126. The van der Waals surface area contributed by atoms with Crippen LogP contribution in [0.25, 0.3) is 0 Å². The molecule has 54 heavy (non-hydrogen) atoms. The fourth-order valence-electron chi connectivity index (χ4n) is 6.65. The van der Waals surface area contributed by atoms with Gasteiger partial charge in [0, 0.05) is 50.7 Å². The SMILES string of the molecule is CC[C@@H](NC(=O)N1C(=O)[C@H](Cc2ccnc(N(Cc3ccc(OC)cc3)Cc3ccc(OC)cc3)c2)[C@H]1C(=O)N(C)c1ccn(C)n1)c1cccc(Cl)c1. The van der Waals surface area contributed by atoms with Crippen molar-refractivity contribution in [3.63, 3.8) is 0 Å². The molecule has 1 fully saturated rings. The Balaban J connectivity index is 1.27. The maximum Gasteiger partial charge on any atom is 0.325 e. The molecule has 3 atom stereocenters. The molecule has 0 aliphatic carbocycles. The average Bonchev–Trinajstić information content (AvgIpc) is 3.63. The number of halogens is 1. The Morgan fingerprint density at radius 3 is 2.09 bits per heavy atom. The van der Waals surface area contributed by atoms with Crippen LogP contribution < -0.4 is 24.6 Å². The summed E-state index contributed by atoms with van der Waals surface area (Å²) >= 11 is 6.24. The number of carbonyl (C=O) groups excluding carboxylic acids is 3. The zero-order valence-electron chi connectivity index (χ0n) is 31.0. The van der Waals surface area contributed by atoms with Crippen LogP contribution in [-0.4, -0.2) is 64.8 Å². The maximum atomic E-state index is 14.2. The van der Waals surface area contributed by atoms with E-state index >= 15 is 0 Å². The number of carbonyl (C=O) groups is 3. The van der Waals surface area contributed by atoms with Gasteiger partial charge in [-0.2, -0.15) is 5.10 Å². The molecular formula is C41H44ClN7O5. The Morgan fingerprint density at radius 1 is 0.889 bits per heavy atom. The van der Waals surface area contributed by atoms with Crippen molar-refractivity contribution in [3.05, 3.63) is 131 Å². The van der Waals surface area contributed by atoms with Crippen LogP contribution in [0.1, 0.15) is 41.6 Å². The van der Waals surface area contributed by atoms with Gasteiger partial charge in [0.05, 0.1) is 26.2 Å². The number of anilines is 2. The van der Waals surface area contributed by atoms with E-state index in [1.807, 2.05) is 79.7 Å². The highest BCUT2D eigenvalue weighted by Gasteiger charge is 2.55. The lowest BCUT2D eigenvalue weighted by atomic mass is 9.81. The van der Waals surface area contributed by atoms with Crippen LogP contribution in [-0.2, 0) is 36.1 Å². The van der Waals surface area contributed by atoms with Gasteiger partial charge >= 0.3 is 6.03 Å². The first-order valence-corrected chi connectivity index (χ1v) is 18.1. The van der Waals surface area contributed by atoms with Crippen LogP contribution in [0.15, 0.2) is 103 Å². The summed E-state index contributed by atoms with van der Waals surface area (Å²) in [6, 6.07) is 26.3. The molecule has 1 saturated heterocycles. The zero-order chi connectivity index (χ0) is 38.4. The molecule has 1 aliphatic heterocycles. The van der Waals surface area contributed by atoms with Crippen LogP contribution in [0.5, 0.6) is 11.5 Å². The second-order valence-corrected chi connectivity index (χ2v) is 13.7. The maximum absolute atomic E-state index is 14.2. The highest BCUT2D eigenvalue weighted by atomic mass is 35.5. The number of nitrogens with one attached hydrogen (secondary N) is 1. The topological polar surface area (TPSA) is 122 Å². The number of rotatable bonds is 14. The summed E-state index contributed by atoms with van der Waals surface area (Å²) < 4.78 is 12.3. The normalized spacial score (nSPS) is 15.6. The molecule has 0 saturated carbocycles. The summed E-state index contributed by atoms with van der Waals surface area (Å²) in [4.78, 5) is 51.3. The average molecular weight is 750 g/mol. The van der Waals surface area contributed by atoms with Crippen molar-refractivity contribution in [1.29, 1.82) is 0 Å². The first-order chi connectivity index (χ1) is 26.1. The Bertz CT molecular complexity index is 2040. The Hall–Kier alpha value is -5.88. The first kappa shape index (κ1) is 37.9. The minimum absolute atomic E-state index is 0.217. The van der Waals surface area contributed by atoms with Crippen LogP contribution in [0, 0.1) is 5.92 Å². The van der Waals surface area contributed by atoms with Gasteiger partial charge in [0.1, 0.15) is 23.4 Å². The molecule has 3 heterocycles. The van der Waals surface area contributed by atoms with Crippen molar-refractivity contribution in [2.24, 2.45) is 13.0 Å². The second kappa shape index (κ2) is 16.9. The highest BCUT2D eigenvalue weighted by molar-refractivity contribution is 6.30. The number of aryl methyl sites for hydroxylation is 1. The summed E-state index contributed by atoms with van der Waals surface area (Å²) in [6.45, 7) is 3.02. The first-order valence-electron chi connectivity index (χ1n) is 17.7. The van der Waals surface area contributed by atoms with Crippen molar-refractivity contribution in [2.45, 2.75) is 44.9 Å². The number of ether oxygens (including phenoxy) is 2. The van der Waals surface area contributed by atoms with E-state index in [1.54, 1.807) is 63.6 Å². The van der Waals surface area contributed by atoms with Crippen molar-refractivity contribution in [1.82, 2.24) is 25.0 Å². The van der Waals surface area contributed by atoms with Gasteiger partial charge in [0.15, 0.2) is 5.82 Å². The van der Waals surface area contributed by atoms with Crippen LogP contribution in [0.2, 0.25) is 5.02 Å². The molecule has 12 nitrogen and oxygen atoms in total. The van der Waals surface area contributed by atoms with E-state index in [0.29, 0.717) is 36.2 Å². The van der Waals surface area contributed by atoms with Crippen molar-refractivity contribution >= 4 is 41.1 Å². The molecule has 13 heteroatoms. The summed E-state index contributed by atoms with van der Waals surface area (Å²) in [5.41, 5.74) is 3.71. The number of likely N-dealkylation sites (tertiary alicyclic amines) is 1. The standard InChI is InChI=1S/C41H44ClN7O5/c1-6-35(30-8-7-9-31(42)24-30)44-41(52)49-38(40(51)47(3)36-19-21-46(2)45-36)34(39(49)50)22-29-18-20-43-37(23-29)48(25-27-10-14-32(53-4)15-11-27)26-28-12-16-33(54-5)17-13-28/h7-21,23-24,34-35,38H,6,22,25-26H2,1-5H3,(H,44,52)/t34-,35-,38+/m1/s1. The molecule has 0 radical (unpaired) electrons. The van der Waals surface area contributed by atoms with Gasteiger partial charge in [-0.25, -0.2) is 9.78 Å². The number of hydrogen-bond acceptors (Lipinski definition) is 8. The number of pyridine rings is 1. The second-order valence-electron chi connectivity index (χ2n) is 13.2. The molecule has 3 aromatic carbocycles. The predicted octanol–water partition coefficient (Wildman–Crippen LogP) is 6.59. The van der Waals surface area contributed by atoms with E-state index in [9.17, 15) is 14.4 Å². The molecule has 6 rings (SSSR count). The minimum atomic E-state index is -1.06. The van der Waals surface area contributed by atoms with Crippen molar-refractivity contribution < 1.29 is 23.9 Å². The summed E-state index contributed by atoms with van der Waals surface area (Å²) in [6.07, 6.45) is 4.20. The van der Waals surface area contributed by atoms with Gasteiger partial charge < -0.3 is 19.7 Å². The molecule has 0 unspecified atom stereocenters. The fraction of sp³-hybridized carbons (Fsp3) is 0.293. The van der Waals surface area contributed by atoms with Gasteiger partial charge in [-0.15, -0.1) is 0 Å².